The summed E-state index contributed by atoms with van der Waals surface area (Å²) >= 11 is 1.42. The van der Waals surface area contributed by atoms with Gasteiger partial charge in [0.25, 0.3) is 0 Å². The highest BCUT2D eigenvalue weighted by molar-refractivity contribution is 7.09. The zero-order chi connectivity index (χ0) is 16.9. The fraction of sp³-hybridized carbons (Fsp3) is 0.267. The van der Waals surface area contributed by atoms with E-state index in [1.165, 1.54) is 35.6 Å². The van der Waals surface area contributed by atoms with Gasteiger partial charge in [-0.05, 0) is 17.0 Å². The second kappa shape index (κ2) is 7.01. The van der Waals surface area contributed by atoms with E-state index in [0.717, 1.165) is 4.88 Å². The molecule has 0 fully saturated rings. The maximum absolute atomic E-state index is 13.2. The molecule has 1 aromatic carbocycles. The van der Waals surface area contributed by atoms with Crippen molar-refractivity contribution in [3.05, 3.63) is 58.3 Å². The van der Waals surface area contributed by atoms with Crippen molar-refractivity contribution in [3.63, 3.8) is 0 Å². The first-order valence-electron chi connectivity index (χ1n) is 6.71. The third kappa shape index (κ3) is 4.23. The van der Waals surface area contributed by atoms with Crippen molar-refractivity contribution in [2.75, 3.05) is 6.54 Å². The van der Waals surface area contributed by atoms with E-state index < -0.39 is 24.4 Å². The molecule has 8 heteroatoms. The number of carbonyl (C=O) groups excluding carboxylic acids is 1. The standard InChI is InChI=1S/C15H15F3N2O2S/c16-15(17,18)14(22,11-5-2-1-3-6-11)10-20-13(21)19-9-12-7-4-8-23-12/h1-8,22H,9-10H2,(H2,19,20,21). The van der Waals surface area contributed by atoms with Gasteiger partial charge in [0.2, 0.25) is 5.60 Å². The molecule has 4 nitrogen and oxygen atoms in total. The second-order valence-electron chi connectivity index (χ2n) is 4.84. The largest absolute Gasteiger partial charge is 0.423 e. The third-order valence-corrected chi connectivity index (χ3v) is 4.10. The predicted octanol–water partition coefficient (Wildman–Crippen LogP) is 3.00. The SMILES string of the molecule is O=C(NCc1cccs1)NCC(O)(c1ccccc1)C(F)(F)F. The van der Waals surface area contributed by atoms with Gasteiger partial charge in [-0.15, -0.1) is 11.3 Å². The van der Waals surface area contributed by atoms with Crippen molar-refractivity contribution >= 4 is 17.4 Å². The summed E-state index contributed by atoms with van der Waals surface area (Å²) in [6.45, 7) is -0.768. The highest BCUT2D eigenvalue weighted by atomic mass is 32.1. The van der Waals surface area contributed by atoms with Gasteiger partial charge in [0, 0.05) is 4.88 Å². The molecular formula is C15H15F3N2O2S. The van der Waals surface area contributed by atoms with Gasteiger partial charge in [0.1, 0.15) is 0 Å². The molecule has 0 bridgehead atoms. The van der Waals surface area contributed by atoms with Gasteiger partial charge >= 0.3 is 12.2 Å². The summed E-state index contributed by atoms with van der Waals surface area (Å²) in [7, 11) is 0. The number of carbonyl (C=O) groups is 1. The monoisotopic (exact) mass is 344 g/mol. The lowest BCUT2D eigenvalue weighted by atomic mass is 9.93. The Morgan fingerprint density at radius 1 is 1.09 bits per heavy atom. The molecule has 1 unspecified atom stereocenters. The van der Waals surface area contributed by atoms with Crippen molar-refractivity contribution in [2.45, 2.75) is 18.3 Å². The maximum atomic E-state index is 13.2. The summed E-state index contributed by atoms with van der Waals surface area (Å²) in [4.78, 5) is 12.5. The number of nitrogens with one attached hydrogen (secondary N) is 2. The van der Waals surface area contributed by atoms with Gasteiger partial charge in [-0.25, -0.2) is 4.79 Å². The van der Waals surface area contributed by atoms with Crippen LogP contribution in [0.5, 0.6) is 0 Å². The van der Waals surface area contributed by atoms with Crippen molar-refractivity contribution in [3.8, 4) is 0 Å². The lowest BCUT2D eigenvalue weighted by Gasteiger charge is -2.31. The molecule has 0 saturated carbocycles. The summed E-state index contributed by atoms with van der Waals surface area (Å²) in [5.41, 5.74) is -3.47. The number of halogens is 3. The number of rotatable bonds is 5. The van der Waals surface area contributed by atoms with E-state index >= 15 is 0 Å². The first kappa shape index (κ1) is 17.3. The molecule has 23 heavy (non-hydrogen) atoms. The summed E-state index contributed by atoms with van der Waals surface area (Å²) < 4.78 is 39.7. The smallest absolute Gasteiger partial charge is 0.375 e. The van der Waals surface area contributed by atoms with Crippen molar-refractivity contribution in [1.82, 2.24) is 10.6 Å². The summed E-state index contributed by atoms with van der Waals surface area (Å²) in [6, 6.07) is 9.47. The summed E-state index contributed by atoms with van der Waals surface area (Å²) in [5.74, 6) is 0. The molecule has 0 saturated heterocycles. The maximum Gasteiger partial charge on any atom is 0.423 e. The summed E-state index contributed by atoms with van der Waals surface area (Å²) in [5, 5.41) is 16.4. The molecule has 124 valence electrons. The van der Waals surface area contributed by atoms with Crippen LogP contribution in [0, 0.1) is 0 Å². The van der Waals surface area contributed by atoms with Crippen LogP contribution in [0.2, 0.25) is 0 Å². The molecule has 2 amide bonds. The number of thiophene rings is 1. The lowest BCUT2D eigenvalue weighted by Crippen LogP contribution is -2.52. The van der Waals surface area contributed by atoms with Gasteiger partial charge < -0.3 is 15.7 Å². The van der Waals surface area contributed by atoms with Gasteiger partial charge in [-0.1, -0.05) is 36.4 Å². The molecule has 2 aromatic rings. The molecule has 3 N–H and O–H groups in total. The second-order valence-corrected chi connectivity index (χ2v) is 5.87. The first-order chi connectivity index (χ1) is 10.8. The van der Waals surface area contributed by atoms with Crippen molar-refractivity contribution in [1.29, 1.82) is 0 Å². The van der Waals surface area contributed by atoms with E-state index in [4.69, 9.17) is 0 Å². The molecule has 0 spiro atoms. The van der Waals surface area contributed by atoms with Gasteiger partial charge in [0.15, 0.2) is 0 Å². The fourth-order valence-corrected chi connectivity index (χ4v) is 2.58. The minimum atomic E-state index is -4.92. The molecule has 0 aliphatic carbocycles. The minimum Gasteiger partial charge on any atom is -0.375 e. The highest BCUT2D eigenvalue weighted by Gasteiger charge is 2.55. The molecule has 0 aliphatic heterocycles. The normalized spacial score (nSPS) is 14.1. The predicted molar refractivity (Wildman–Crippen MR) is 81.0 cm³/mol. The van der Waals surface area contributed by atoms with E-state index in [0.29, 0.717) is 0 Å². The van der Waals surface area contributed by atoms with Crippen LogP contribution in [0.3, 0.4) is 0 Å². The van der Waals surface area contributed by atoms with Crippen LogP contribution in [0.1, 0.15) is 10.4 Å². The van der Waals surface area contributed by atoms with Gasteiger partial charge in [0.05, 0.1) is 13.1 Å². The quantitative estimate of drug-likeness (QED) is 0.781. The van der Waals surface area contributed by atoms with Crippen molar-refractivity contribution in [2.24, 2.45) is 0 Å². The third-order valence-electron chi connectivity index (χ3n) is 3.23. The number of benzene rings is 1. The zero-order valence-corrected chi connectivity index (χ0v) is 12.7. The number of hydrogen-bond acceptors (Lipinski definition) is 3. The van der Waals surface area contributed by atoms with Gasteiger partial charge in [-0.3, -0.25) is 0 Å². The number of hydrogen-bond donors (Lipinski definition) is 3. The van der Waals surface area contributed by atoms with E-state index in [2.05, 4.69) is 10.6 Å². The Bertz CT molecular complexity index is 632. The fourth-order valence-electron chi connectivity index (χ4n) is 1.93. The van der Waals surface area contributed by atoms with E-state index in [-0.39, 0.29) is 12.1 Å². The Morgan fingerprint density at radius 2 is 1.78 bits per heavy atom. The van der Waals surface area contributed by atoms with Crippen LogP contribution < -0.4 is 10.6 Å². The highest BCUT2D eigenvalue weighted by Crippen LogP contribution is 2.38. The molecule has 1 aromatic heterocycles. The van der Waals surface area contributed by atoms with Crippen LogP contribution in [-0.2, 0) is 12.1 Å². The Balaban J connectivity index is 2.00. The van der Waals surface area contributed by atoms with E-state index in [1.54, 1.807) is 18.2 Å². The Hall–Kier alpha value is -2.06. The minimum absolute atomic E-state index is 0.208. The van der Waals surface area contributed by atoms with Crippen molar-refractivity contribution < 1.29 is 23.1 Å². The number of alkyl halides is 3. The van der Waals surface area contributed by atoms with Crippen LogP contribution >= 0.6 is 11.3 Å². The van der Waals surface area contributed by atoms with Crippen LogP contribution in [0.15, 0.2) is 47.8 Å². The Kier molecular flexibility index (Phi) is 5.27. The Morgan fingerprint density at radius 3 is 2.35 bits per heavy atom. The topological polar surface area (TPSA) is 61.4 Å². The van der Waals surface area contributed by atoms with E-state index in [1.807, 2.05) is 5.38 Å². The van der Waals surface area contributed by atoms with Crippen LogP contribution in [0.4, 0.5) is 18.0 Å². The van der Waals surface area contributed by atoms with Crippen LogP contribution in [-0.4, -0.2) is 23.9 Å². The number of aliphatic hydroxyl groups is 1. The summed E-state index contributed by atoms with van der Waals surface area (Å²) in [6.07, 6.45) is -4.92. The molecule has 0 radical (unpaired) electrons. The first-order valence-corrected chi connectivity index (χ1v) is 7.59. The Labute approximate surface area is 135 Å². The van der Waals surface area contributed by atoms with Crippen LogP contribution in [0.25, 0.3) is 0 Å². The molecule has 2 rings (SSSR count). The molecule has 0 aliphatic rings. The zero-order valence-electron chi connectivity index (χ0n) is 11.9. The lowest BCUT2D eigenvalue weighted by molar-refractivity contribution is -0.263. The van der Waals surface area contributed by atoms with Gasteiger partial charge in [-0.2, -0.15) is 13.2 Å². The molecular weight excluding hydrogens is 329 g/mol. The average Bonchev–Trinajstić information content (AvgIpc) is 3.03. The average molecular weight is 344 g/mol. The number of amides is 2. The number of urea groups is 1. The molecule has 1 atom stereocenters. The van der Waals surface area contributed by atoms with E-state index in [9.17, 15) is 23.1 Å². The molecule has 1 heterocycles.